The van der Waals surface area contributed by atoms with Gasteiger partial charge >= 0.3 is 12.4 Å². The number of carbonyl (C=O) groups excluding carboxylic acids is 1. The number of carbonyl (C=O) groups is 1. The molecule has 1 amide bonds. The Kier molecular flexibility index (Phi) is 5.81. The first-order valence-electron chi connectivity index (χ1n) is 9.94. The van der Waals surface area contributed by atoms with E-state index in [0.29, 0.717) is 11.1 Å². The molecule has 4 rings (SSSR count). The predicted molar refractivity (Wildman–Crippen MR) is 107 cm³/mol. The lowest BCUT2D eigenvalue weighted by molar-refractivity contribution is -0.173. The number of benzene rings is 2. The molecule has 5 nitrogen and oxygen atoms in total. The molecule has 11 heteroatoms. The summed E-state index contributed by atoms with van der Waals surface area (Å²) in [5.41, 5.74) is 0.130. The Balaban J connectivity index is 1.55. The second kappa shape index (κ2) is 8.45. The van der Waals surface area contributed by atoms with Crippen LogP contribution in [-0.4, -0.2) is 21.9 Å². The van der Waals surface area contributed by atoms with Crippen LogP contribution in [0.25, 0.3) is 0 Å². The molecule has 2 atom stereocenters. The molecule has 1 aliphatic rings. The smallest absolute Gasteiger partial charge is 0.363 e. The van der Waals surface area contributed by atoms with Crippen molar-refractivity contribution in [3.8, 4) is 0 Å². The van der Waals surface area contributed by atoms with E-state index in [1.54, 1.807) is 30.3 Å². The molecule has 1 aromatic heterocycles. The summed E-state index contributed by atoms with van der Waals surface area (Å²) >= 11 is 0. The minimum Gasteiger partial charge on any atom is -0.363 e. The monoisotopic (exact) mass is 468 g/mol. The average molecular weight is 468 g/mol. The van der Waals surface area contributed by atoms with Crippen molar-refractivity contribution in [1.29, 1.82) is 0 Å². The van der Waals surface area contributed by atoms with E-state index in [1.807, 2.05) is 0 Å². The highest BCUT2D eigenvalue weighted by Gasteiger charge is 2.47. The zero-order chi connectivity index (χ0) is 23.8. The molecule has 0 saturated carbocycles. The number of anilines is 1. The number of fused-ring (bicyclic) bond motifs is 1. The first kappa shape index (κ1) is 22.7. The van der Waals surface area contributed by atoms with Gasteiger partial charge in [-0.1, -0.05) is 42.5 Å². The SMILES string of the molecule is O=C(NCc1ccc(C(F)(F)F)cc1)c1cnn2c1N[C@H](c1ccccc1)C[C@@H]2C(F)(F)F. The molecule has 2 heterocycles. The molecule has 1 aliphatic heterocycles. The maximum absolute atomic E-state index is 13.7. The van der Waals surface area contributed by atoms with Gasteiger partial charge in [-0.25, -0.2) is 4.68 Å². The summed E-state index contributed by atoms with van der Waals surface area (Å²) in [5, 5.41) is 9.30. The van der Waals surface area contributed by atoms with E-state index in [-0.39, 0.29) is 24.3 Å². The van der Waals surface area contributed by atoms with Crippen molar-refractivity contribution in [3.63, 3.8) is 0 Å². The maximum atomic E-state index is 13.7. The van der Waals surface area contributed by atoms with Crippen LogP contribution < -0.4 is 10.6 Å². The molecule has 0 aliphatic carbocycles. The van der Waals surface area contributed by atoms with E-state index >= 15 is 0 Å². The normalized spacial score (nSPS) is 18.4. The summed E-state index contributed by atoms with van der Waals surface area (Å²) in [6.07, 6.45) is -8.30. The van der Waals surface area contributed by atoms with E-state index in [9.17, 15) is 31.1 Å². The van der Waals surface area contributed by atoms with Gasteiger partial charge in [0.2, 0.25) is 0 Å². The fourth-order valence-electron chi connectivity index (χ4n) is 3.72. The average Bonchev–Trinajstić information content (AvgIpc) is 3.20. The van der Waals surface area contributed by atoms with Crippen LogP contribution in [0.1, 0.15) is 45.6 Å². The molecule has 174 valence electrons. The lowest BCUT2D eigenvalue weighted by Crippen LogP contribution is -2.36. The maximum Gasteiger partial charge on any atom is 0.416 e. The summed E-state index contributed by atoms with van der Waals surface area (Å²) in [7, 11) is 0. The van der Waals surface area contributed by atoms with Gasteiger partial charge in [0, 0.05) is 13.0 Å². The first-order valence-corrected chi connectivity index (χ1v) is 9.94. The number of amides is 1. The van der Waals surface area contributed by atoms with Crippen LogP contribution in [0.5, 0.6) is 0 Å². The minimum atomic E-state index is -4.58. The molecular weight excluding hydrogens is 450 g/mol. The number of halogens is 6. The van der Waals surface area contributed by atoms with Gasteiger partial charge in [0.1, 0.15) is 11.4 Å². The highest BCUT2D eigenvalue weighted by atomic mass is 19.4. The second-order valence-electron chi connectivity index (χ2n) is 7.63. The lowest BCUT2D eigenvalue weighted by atomic mass is 9.96. The standard InChI is InChI=1S/C22H18F6N4O/c23-21(24,25)15-8-6-13(7-9-15)11-29-20(33)16-12-30-32-18(22(26,27)28)10-17(31-19(16)32)14-4-2-1-3-5-14/h1-9,12,17-18,31H,10-11H2,(H,29,33)/t17-,18+/m0/s1. The van der Waals surface area contributed by atoms with Gasteiger partial charge in [0.05, 0.1) is 17.8 Å². The van der Waals surface area contributed by atoms with Crippen LogP contribution in [0, 0.1) is 0 Å². The zero-order valence-electron chi connectivity index (χ0n) is 16.9. The molecule has 0 bridgehead atoms. The van der Waals surface area contributed by atoms with Crippen molar-refractivity contribution < 1.29 is 31.1 Å². The van der Waals surface area contributed by atoms with Gasteiger partial charge in [0.15, 0.2) is 6.04 Å². The third-order valence-corrected chi connectivity index (χ3v) is 5.42. The van der Waals surface area contributed by atoms with Crippen LogP contribution in [0.3, 0.4) is 0 Å². The van der Waals surface area contributed by atoms with Crippen LogP contribution in [0.15, 0.2) is 60.8 Å². The van der Waals surface area contributed by atoms with Gasteiger partial charge in [-0.15, -0.1) is 0 Å². The number of hydrogen-bond donors (Lipinski definition) is 2. The molecule has 0 saturated heterocycles. The highest BCUT2D eigenvalue weighted by Crippen LogP contribution is 2.44. The fraction of sp³-hybridized carbons (Fsp3) is 0.273. The van der Waals surface area contributed by atoms with Crippen molar-refractivity contribution in [2.45, 2.75) is 37.4 Å². The first-order chi connectivity index (χ1) is 15.5. The minimum absolute atomic E-state index is 0.0673. The zero-order valence-corrected chi connectivity index (χ0v) is 16.9. The van der Waals surface area contributed by atoms with Crippen LogP contribution in [0.4, 0.5) is 32.2 Å². The molecule has 33 heavy (non-hydrogen) atoms. The molecule has 3 aromatic rings. The highest BCUT2D eigenvalue weighted by molar-refractivity contribution is 5.98. The quantitative estimate of drug-likeness (QED) is 0.498. The lowest BCUT2D eigenvalue weighted by Gasteiger charge is -2.34. The van der Waals surface area contributed by atoms with Crippen LogP contribution in [-0.2, 0) is 12.7 Å². The van der Waals surface area contributed by atoms with Crippen molar-refractivity contribution in [2.75, 3.05) is 5.32 Å². The molecule has 0 spiro atoms. The largest absolute Gasteiger partial charge is 0.416 e. The van der Waals surface area contributed by atoms with E-state index < -0.39 is 35.9 Å². The van der Waals surface area contributed by atoms with Crippen LogP contribution >= 0.6 is 0 Å². The number of aromatic nitrogens is 2. The summed E-state index contributed by atoms with van der Waals surface area (Å²) in [6.45, 7) is -0.105. The van der Waals surface area contributed by atoms with Crippen LogP contribution in [0.2, 0.25) is 0 Å². The number of alkyl halides is 6. The van der Waals surface area contributed by atoms with Gasteiger partial charge < -0.3 is 10.6 Å². The third kappa shape index (κ3) is 4.81. The van der Waals surface area contributed by atoms with Crippen molar-refractivity contribution in [2.24, 2.45) is 0 Å². The van der Waals surface area contributed by atoms with E-state index in [1.165, 1.54) is 12.1 Å². The van der Waals surface area contributed by atoms with E-state index in [4.69, 9.17) is 0 Å². The molecule has 0 unspecified atom stereocenters. The topological polar surface area (TPSA) is 59.0 Å². The van der Waals surface area contributed by atoms with Gasteiger partial charge in [-0.2, -0.15) is 31.4 Å². The summed E-state index contributed by atoms with van der Waals surface area (Å²) < 4.78 is 80.0. The Labute approximate surface area is 184 Å². The molecule has 2 aromatic carbocycles. The Morgan fingerprint density at radius 1 is 1.03 bits per heavy atom. The third-order valence-electron chi connectivity index (χ3n) is 5.42. The summed E-state index contributed by atoms with van der Waals surface area (Å²) in [6, 6.07) is 10.2. The second-order valence-corrected chi connectivity index (χ2v) is 7.63. The van der Waals surface area contributed by atoms with Crippen molar-refractivity contribution in [1.82, 2.24) is 15.1 Å². The van der Waals surface area contributed by atoms with E-state index in [0.717, 1.165) is 23.0 Å². The molecule has 0 radical (unpaired) electrons. The van der Waals surface area contributed by atoms with Crippen molar-refractivity contribution in [3.05, 3.63) is 83.0 Å². The van der Waals surface area contributed by atoms with Gasteiger partial charge in [-0.05, 0) is 23.3 Å². The number of nitrogens with zero attached hydrogens (tertiary/aromatic N) is 2. The molecular formula is C22H18F6N4O. The summed E-state index contributed by atoms with van der Waals surface area (Å²) in [5.74, 6) is -0.763. The Bertz CT molecular complexity index is 1120. The van der Waals surface area contributed by atoms with Crippen molar-refractivity contribution >= 4 is 11.7 Å². The molecule has 2 N–H and O–H groups in total. The predicted octanol–water partition coefficient (Wildman–Crippen LogP) is 5.49. The molecule has 0 fully saturated rings. The fourth-order valence-corrected chi connectivity index (χ4v) is 3.72. The Morgan fingerprint density at radius 3 is 2.30 bits per heavy atom. The number of hydrogen-bond acceptors (Lipinski definition) is 3. The number of nitrogens with one attached hydrogen (secondary N) is 2. The summed E-state index contributed by atoms with van der Waals surface area (Å²) in [4.78, 5) is 12.7. The Morgan fingerprint density at radius 2 is 1.70 bits per heavy atom. The number of rotatable bonds is 4. The Hall–Kier alpha value is -3.50. The van der Waals surface area contributed by atoms with E-state index in [2.05, 4.69) is 15.7 Å². The van der Waals surface area contributed by atoms with Gasteiger partial charge in [0.25, 0.3) is 5.91 Å². The van der Waals surface area contributed by atoms with Gasteiger partial charge in [-0.3, -0.25) is 4.79 Å².